The van der Waals surface area contributed by atoms with E-state index in [2.05, 4.69) is 15.3 Å². The van der Waals surface area contributed by atoms with Gasteiger partial charge < -0.3 is 9.47 Å². The van der Waals surface area contributed by atoms with E-state index in [9.17, 15) is 9.18 Å². The first-order chi connectivity index (χ1) is 12.5. The lowest BCUT2D eigenvalue weighted by atomic mass is 10.2. The average Bonchev–Trinajstić information content (AvgIpc) is 2.94. The van der Waals surface area contributed by atoms with Crippen LogP contribution in [-0.2, 0) is 4.74 Å². The van der Waals surface area contributed by atoms with Crippen molar-refractivity contribution in [2.45, 2.75) is 27.7 Å². The summed E-state index contributed by atoms with van der Waals surface area (Å²) < 4.78 is 26.4. The van der Waals surface area contributed by atoms with Crippen molar-refractivity contribution in [1.82, 2.24) is 20.0 Å². The maximum absolute atomic E-state index is 14.6. The van der Waals surface area contributed by atoms with Gasteiger partial charge in [0, 0.05) is 11.5 Å². The number of hydrogen-bond donors (Lipinski definition) is 0. The average molecular weight is 358 g/mol. The maximum Gasteiger partial charge on any atom is 0.361 e. The number of halogens is 1. The van der Waals surface area contributed by atoms with E-state index in [1.807, 2.05) is 6.92 Å². The van der Waals surface area contributed by atoms with Gasteiger partial charge >= 0.3 is 5.97 Å². The Morgan fingerprint density at radius 2 is 1.96 bits per heavy atom. The molecule has 0 aliphatic carbocycles. The van der Waals surface area contributed by atoms with Crippen LogP contribution in [0.4, 0.5) is 4.39 Å². The van der Waals surface area contributed by atoms with Crippen LogP contribution in [0.25, 0.3) is 16.6 Å². The van der Waals surface area contributed by atoms with Gasteiger partial charge in [-0.05, 0) is 39.8 Å². The third-order valence-corrected chi connectivity index (χ3v) is 3.93. The van der Waals surface area contributed by atoms with Gasteiger partial charge in [-0.25, -0.2) is 13.9 Å². The Bertz CT molecular complexity index is 984. The Labute approximate surface area is 149 Å². The second-order valence-corrected chi connectivity index (χ2v) is 5.62. The molecule has 1 aromatic carbocycles. The Kier molecular flexibility index (Phi) is 4.83. The summed E-state index contributed by atoms with van der Waals surface area (Å²) in [6.45, 7) is 7.74. The number of carbonyl (C=O) groups excluding carboxylic acids is 1. The number of ether oxygens (including phenoxy) is 2. The summed E-state index contributed by atoms with van der Waals surface area (Å²) in [4.78, 5) is 12.1. The summed E-state index contributed by atoms with van der Waals surface area (Å²) in [6.07, 6.45) is 0. The minimum absolute atomic E-state index is 0.0145. The van der Waals surface area contributed by atoms with Crippen molar-refractivity contribution >= 4 is 16.9 Å². The zero-order valence-electron chi connectivity index (χ0n) is 15.0. The number of rotatable bonds is 5. The molecule has 0 radical (unpaired) electrons. The third kappa shape index (κ3) is 2.98. The molecule has 0 amide bonds. The number of carbonyl (C=O) groups is 1. The molecule has 3 aromatic rings. The summed E-state index contributed by atoms with van der Waals surface area (Å²) in [5.41, 5.74) is 1.85. The highest BCUT2D eigenvalue weighted by molar-refractivity contribution is 6.02. The lowest BCUT2D eigenvalue weighted by molar-refractivity contribution is 0.0520. The molecule has 0 saturated heterocycles. The largest absolute Gasteiger partial charge is 0.494 e. The van der Waals surface area contributed by atoms with Gasteiger partial charge in [0.1, 0.15) is 17.0 Å². The molecule has 3 rings (SSSR count). The Hall–Kier alpha value is -3.03. The number of nitrogens with zero attached hydrogens (tertiary/aromatic N) is 4. The molecule has 8 heteroatoms. The quantitative estimate of drug-likeness (QED) is 0.652. The van der Waals surface area contributed by atoms with E-state index in [4.69, 9.17) is 9.47 Å². The first-order valence-electron chi connectivity index (χ1n) is 8.30. The zero-order chi connectivity index (χ0) is 18.8. The number of aromatic nitrogens is 4. The van der Waals surface area contributed by atoms with Crippen molar-refractivity contribution in [2.75, 3.05) is 13.2 Å². The van der Waals surface area contributed by atoms with Crippen molar-refractivity contribution in [1.29, 1.82) is 0 Å². The molecule has 136 valence electrons. The molecule has 7 nitrogen and oxygen atoms in total. The zero-order valence-corrected chi connectivity index (χ0v) is 15.0. The monoisotopic (exact) mass is 358 g/mol. The molecular weight excluding hydrogens is 339 g/mol. The fourth-order valence-corrected chi connectivity index (χ4v) is 2.81. The maximum atomic E-state index is 14.6. The van der Waals surface area contributed by atoms with E-state index in [1.54, 1.807) is 32.9 Å². The minimum atomic E-state index is -0.609. The molecule has 0 atom stereocenters. The Morgan fingerprint density at radius 3 is 2.62 bits per heavy atom. The summed E-state index contributed by atoms with van der Waals surface area (Å²) in [6, 6.07) is 4.56. The van der Waals surface area contributed by atoms with Crippen LogP contribution >= 0.6 is 0 Å². The normalized spacial score (nSPS) is 11.0. The summed E-state index contributed by atoms with van der Waals surface area (Å²) in [7, 11) is 0. The van der Waals surface area contributed by atoms with E-state index in [0.29, 0.717) is 34.6 Å². The number of hydrogen-bond acceptors (Lipinski definition) is 6. The molecule has 0 aliphatic rings. The van der Waals surface area contributed by atoms with Gasteiger partial charge in [-0.15, -0.1) is 5.10 Å². The second-order valence-electron chi connectivity index (χ2n) is 5.62. The van der Waals surface area contributed by atoms with Crippen molar-refractivity contribution in [3.63, 3.8) is 0 Å². The van der Waals surface area contributed by atoms with Crippen LogP contribution in [0.5, 0.6) is 5.75 Å². The van der Waals surface area contributed by atoms with Crippen molar-refractivity contribution in [2.24, 2.45) is 0 Å². The fraction of sp³-hybridized carbons (Fsp3) is 0.333. The number of benzene rings is 1. The van der Waals surface area contributed by atoms with Crippen LogP contribution in [0.3, 0.4) is 0 Å². The van der Waals surface area contributed by atoms with Gasteiger partial charge in [-0.3, -0.25) is 0 Å². The van der Waals surface area contributed by atoms with E-state index >= 15 is 0 Å². The van der Waals surface area contributed by atoms with Crippen LogP contribution in [0.2, 0.25) is 0 Å². The minimum Gasteiger partial charge on any atom is -0.494 e. The molecule has 2 aromatic heterocycles. The van der Waals surface area contributed by atoms with Crippen LogP contribution in [0.15, 0.2) is 18.2 Å². The van der Waals surface area contributed by atoms with E-state index in [1.165, 1.54) is 10.7 Å². The van der Waals surface area contributed by atoms with Crippen LogP contribution in [0, 0.1) is 19.7 Å². The lowest BCUT2D eigenvalue weighted by Gasteiger charge is -2.08. The Morgan fingerprint density at radius 1 is 1.19 bits per heavy atom. The first-order valence-corrected chi connectivity index (χ1v) is 8.30. The van der Waals surface area contributed by atoms with Gasteiger partial charge in [0.2, 0.25) is 0 Å². The van der Waals surface area contributed by atoms with Gasteiger partial charge in [0.15, 0.2) is 11.5 Å². The highest BCUT2D eigenvalue weighted by Crippen LogP contribution is 2.27. The van der Waals surface area contributed by atoms with Gasteiger partial charge in [-0.2, -0.15) is 10.2 Å². The van der Waals surface area contributed by atoms with Crippen molar-refractivity contribution < 1.29 is 18.7 Å². The molecule has 0 fully saturated rings. The smallest absolute Gasteiger partial charge is 0.361 e. The molecule has 0 spiro atoms. The fourth-order valence-electron chi connectivity index (χ4n) is 2.81. The highest BCUT2D eigenvalue weighted by Gasteiger charge is 2.23. The molecule has 26 heavy (non-hydrogen) atoms. The molecule has 0 N–H and O–H groups in total. The van der Waals surface area contributed by atoms with E-state index < -0.39 is 11.8 Å². The van der Waals surface area contributed by atoms with E-state index in [-0.39, 0.29) is 18.0 Å². The molecule has 0 saturated carbocycles. The molecule has 0 aliphatic heterocycles. The van der Waals surface area contributed by atoms with Gasteiger partial charge in [0.25, 0.3) is 0 Å². The van der Waals surface area contributed by atoms with Gasteiger partial charge in [-0.1, -0.05) is 0 Å². The van der Waals surface area contributed by atoms with Crippen LogP contribution in [-0.4, -0.2) is 39.2 Å². The van der Waals surface area contributed by atoms with Gasteiger partial charge in [0.05, 0.1) is 24.6 Å². The summed E-state index contributed by atoms with van der Waals surface area (Å²) in [5.74, 6) is -0.653. The molecule has 2 heterocycles. The summed E-state index contributed by atoms with van der Waals surface area (Å²) >= 11 is 0. The molecule has 0 unspecified atom stereocenters. The van der Waals surface area contributed by atoms with E-state index in [0.717, 1.165) is 0 Å². The Balaban J connectivity index is 2.19. The standard InChI is InChI=1S/C18H19FN4O3/c1-5-25-12-7-8-14(13(19)9-12)23-11(4)15-10(3)20-21-17(16(15)22-23)18(24)26-6-2/h7-9H,5-6H2,1-4H3. The lowest BCUT2D eigenvalue weighted by Crippen LogP contribution is -2.10. The topological polar surface area (TPSA) is 79.1 Å². The number of fused-ring (bicyclic) bond motifs is 1. The van der Waals surface area contributed by atoms with Crippen LogP contribution < -0.4 is 4.74 Å². The third-order valence-electron chi connectivity index (χ3n) is 3.93. The van der Waals surface area contributed by atoms with Crippen molar-refractivity contribution in [3.05, 3.63) is 41.1 Å². The second kappa shape index (κ2) is 7.07. The number of esters is 1. The number of aryl methyl sites for hydroxylation is 2. The molecule has 0 bridgehead atoms. The van der Waals surface area contributed by atoms with Crippen LogP contribution in [0.1, 0.15) is 35.7 Å². The molecular formula is C18H19FN4O3. The SMILES string of the molecule is CCOC(=O)c1nnc(C)c2c(C)n(-c3ccc(OCC)cc3F)nc12. The first kappa shape index (κ1) is 17.8. The predicted molar refractivity (Wildman–Crippen MR) is 93.2 cm³/mol. The predicted octanol–water partition coefficient (Wildman–Crippen LogP) is 3.15. The van der Waals surface area contributed by atoms with Crippen molar-refractivity contribution in [3.8, 4) is 11.4 Å². The summed E-state index contributed by atoms with van der Waals surface area (Å²) in [5, 5.41) is 13.0. The highest BCUT2D eigenvalue weighted by atomic mass is 19.1.